The van der Waals surface area contributed by atoms with E-state index in [1.807, 2.05) is 0 Å². The third-order valence-corrected chi connectivity index (χ3v) is 58.9. The minimum Gasteiger partial charge on any atom is -0.481 e. The van der Waals surface area contributed by atoms with E-state index in [1.54, 1.807) is 0 Å². The van der Waals surface area contributed by atoms with Crippen molar-refractivity contribution in [3.63, 3.8) is 0 Å². The molecule has 120 heavy (non-hydrogen) atoms. The molecule has 16 atom stereocenters. The largest absolute Gasteiger partial charge is 0.481 e. The molecule has 0 aromatic heterocycles. The Kier molecular flexibility index (Phi) is 51.1. The maximum atomic E-state index is 11.5. The lowest BCUT2D eigenvalue weighted by Gasteiger charge is -2.37. The van der Waals surface area contributed by atoms with Crippen LogP contribution in [0.1, 0.15) is 276 Å². The molecule has 7 rings (SSSR count). The molecule has 4 fully saturated rings. The Morgan fingerprint density at radius 3 is 0.975 bits per heavy atom. The Hall–Kier alpha value is -3.02. The molecule has 1 unspecified atom stereocenters. The molecule has 1 saturated heterocycles. The van der Waals surface area contributed by atoms with Crippen molar-refractivity contribution in [1.82, 2.24) is 0 Å². The van der Waals surface area contributed by atoms with Crippen LogP contribution >= 0.6 is 0 Å². The summed E-state index contributed by atoms with van der Waals surface area (Å²) in [5.74, 6) is 0.367. The fourth-order valence-electron chi connectivity index (χ4n) is 21.0. The van der Waals surface area contributed by atoms with Crippen molar-refractivity contribution in [2.75, 3.05) is 0 Å². The molecule has 3 aliphatic carbocycles. The summed E-state index contributed by atoms with van der Waals surface area (Å²) < 4.78 is 48.6. The number of allylic oxidation sites excluding steroid dienone is 4. The predicted molar refractivity (Wildman–Crippen MR) is 517 cm³/mol. The van der Waals surface area contributed by atoms with Gasteiger partial charge in [-0.05, 0) is 296 Å². The van der Waals surface area contributed by atoms with Gasteiger partial charge in [0.05, 0.1) is 36.6 Å². The van der Waals surface area contributed by atoms with Gasteiger partial charge in [0.2, 0.25) is 0 Å². The number of rotatable bonds is 60. The summed E-state index contributed by atoms with van der Waals surface area (Å²) in [6, 6.07) is 53.2. The van der Waals surface area contributed by atoms with Crippen LogP contribution in [0, 0.1) is 35.5 Å². The summed E-state index contributed by atoms with van der Waals surface area (Å²) in [5.41, 5.74) is 4.14. The number of aliphatic hydroxyl groups is 3. The Balaban J connectivity index is 0.000000321. The summed E-state index contributed by atoms with van der Waals surface area (Å²) in [4.78, 5) is 21.8. The molecule has 0 amide bonds. The number of hydrogen-bond acceptors (Lipinski definition) is 12. The Bertz CT molecular complexity index is 3170. The molecule has 0 bridgehead atoms. The Labute approximate surface area is 739 Å². The van der Waals surface area contributed by atoms with Crippen LogP contribution in [0.15, 0.2) is 115 Å². The average molecular weight is 1770 g/mol. The zero-order valence-corrected chi connectivity index (χ0v) is 85.3. The van der Waals surface area contributed by atoms with Gasteiger partial charge in [0.15, 0.2) is 56.2 Å². The van der Waals surface area contributed by atoms with Crippen molar-refractivity contribution < 1.29 is 66.4 Å². The molecule has 0 radical (unpaired) electrons. The molecule has 1 aliphatic heterocycles. The lowest BCUT2D eigenvalue weighted by atomic mass is 9.85. The van der Waals surface area contributed by atoms with Crippen LogP contribution in [0.25, 0.3) is 0 Å². The zero-order valence-electron chi connectivity index (χ0n) is 79.3. The highest BCUT2D eigenvalue weighted by molar-refractivity contribution is 6.75. The van der Waals surface area contributed by atoms with Gasteiger partial charge in [-0.2, -0.15) is 0 Å². The molecule has 0 spiro atoms. The van der Waals surface area contributed by atoms with Gasteiger partial charge in [0.25, 0.3) is 0 Å². The van der Waals surface area contributed by atoms with Crippen molar-refractivity contribution in [1.29, 1.82) is 0 Å². The first-order valence-electron chi connectivity index (χ1n) is 49.4. The van der Waals surface area contributed by atoms with E-state index < -0.39 is 68.1 Å². The summed E-state index contributed by atoms with van der Waals surface area (Å²) in [7, 11) is -10.6. The second-order valence-electron chi connectivity index (χ2n) is 36.6. The number of carbonyl (C=O) groups is 2. The fourth-order valence-corrected chi connectivity index (χ4v) is 38.6. The standard InChI is InChI=1S/2C35H62O5Si2.C30H54O4Si2/c1-7-41(8-2,9-3)39-30(25-24-29-20-16-15-17-21-29)26-27-31-32(22-18-13-14-19-23-35(37)38)34(28-33(31)36)40-42(10-4,11-5)12-6;1-7-41(8-2,9-3)39-30(25-24-29-20-16-15-17-21-29)26-27-32-31(22-18-13-14-19-23-35(37)38)33(36)28-34(32)40-42(10-4,11-5)12-6;1-7-35(8-2,9-3)33-25(19-18-24-16-14-13-15-17-24)20-21-26-27-22-30(31)32-28(27)23-29(26)34-36(10-4,11-5)12-6/h2*13,15-18,20-21,30-34,36H,7-12,14,19,22-28H2,1-6H3,(H,37,38);13-17,25-31H,7-12,18-23H2,1-6H3/b2*18-13-;/t30-,31+,32+,33+,34-;30-,31+,32+,33-,34+;25-,26+,27+,28-,29+,30?/m000/s1. The first kappa shape index (κ1) is 108. The number of ether oxygens (including phenoxy) is 1. The number of fused-ring (bicyclic) bond motifs is 1. The molecule has 20 heteroatoms. The van der Waals surface area contributed by atoms with Crippen LogP contribution in [0.4, 0.5) is 0 Å². The molecule has 14 nitrogen and oxygen atoms in total. The van der Waals surface area contributed by atoms with E-state index in [4.69, 9.17) is 41.5 Å². The zero-order chi connectivity index (χ0) is 88.2. The number of aliphatic hydroxyl groups excluding tert-OH is 3. The minimum absolute atomic E-state index is 0.0965. The van der Waals surface area contributed by atoms with Crippen molar-refractivity contribution in [2.45, 2.75) is 449 Å². The second-order valence-corrected chi connectivity index (χ2v) is 65.0. The number of aryl methyl sites for hydroxylation is 3. The minimum atomic E-state index is -1.82. The van der Waals surface area contributed by atoms with Gasteiger partial charge in [-0.3, -0.25) is 9.59 Å². The lowest BCUT2D eigenvalue weighted by molar-refractivity contribution is -0.138. The van der Waals surface area contributed by atoms with Gasteiger partial charge >= 0.3 is 11.9 Å². The molecule has 3 aromatic rings. The molecule has 3 aromatic carbocycles. The van der Waals surface area contributed by atoms with Crippen LogP contribution in [0.5, 0.6) is 0 Å². The van der Waals surface area contributed by atoms with Gasteiger partial charge < -0.3 is 56.8 Å². The van der Waals surface area contributed by atoms with E-state index >= 15 is 0 Å². The van der Waals surface area contributed by atoms with E-state index in [0.717, 1.165) is 201 Å². The third kappa shape index (κ3) is 34.2. The van der Waals surface area contributed by atoms with Crippen LogP contribution in [-0.4, -0.2) is 149 Å². The highest BCUT2D eigenvalue weighted by Gasteiger charge is 2.53. The summed E-state index contributed by atoms with van der Waals surface area (Å²) >= 11 is 0. The molecule has 686 valence electrons. The highest BCUT2D eigenvalue weighted by atomic mass is 28.4. The number of hydrogen-bond donors (Lipinski definition) is 5. The van der Waals surface area contributed by atoms with E-state index in [0.29, 0.717) is 36.7 Å². The van der Waals surface area contributed by atoms with Gasteiger partial charge in [-0.15, -0.1) is 0 Å². The quantitative estimate of drug-likeness (QED) is 0.0203. The summed E-state index contributed by atoms with van der Waals surface area (Å²) in [6.07, 6.45) is 29.3. The van der Waals surface area contributed by atoms with Gasteiger partial charge in [0.1, 0.15) is 0 Å². The van der Waals surface area contributed by atoms with Crippen molar-refractivity contribution >= 4 is 61.8 Å². The van der Waals surface area contributed by atoms with Gasteiger partial charge in [0, 0.05) is 37.6 Å². The topological polar surface area (TPSA) is 200 Å². The van der Waals surface area contributed by atoms with E-state index in [-0.39, 0.29) is 79.4 Å². The van der Waals surface area contributed by atoms with Gasteiger partial charge in [-0.25, -0.2) is 0 Å². The normalized spacial score (nSPS) is 23.7. The number of carboxylic acid groups (broad SMARTS) is 2. The third-order valence-electron chi connectivity index (χ3n) is 30.8. The number of unbranched alkanes of at least 4 members (excludes halogenated alkanes) is 2. The first-order chi connectivity index (χ1) is 57.8. The van der Waals surface area contributed by atoms with Crippen LogP contribution in [0.3, 0.4) is 0 Å². The van der Waals surface area contributed by atoms with Crippen LogP contribution in [-0.2, 0) is 60.1 Å². The molecular formula is C100H178O14Si6. The number of benzene rings is 3. The average Bonchev–Trinajstić information content (AvgIpc) is 1.62. The molecule has 5 N–H and O–H groups in total. The highest BCUT2D eigenvalue weighted by Crippen LogP contribution is 2.50. The number of aliphatic carboxylic acids is 2. The molecule has 3 saturated carbocycles. The Morgan fingerprint density at radius 1 is 0.358 bits per heavy atom. The summed E-state index contributed by atoms with van der Waals surface area (Å²) in [6.45, 7) is 41.5. The predicted octanol–water partition coefficient (Wildman–Crippen LogP) is 26.7. The van der Waals surface area contributed by atoms with Crippen molar-refractivity contribution in [2.24, 2.45) is 35.5 Å². The first-order valence-corrected chi connectivity index (χ1v) is 64.6. The van der Waals surface area contributed by atoms with Crippen LogP contribution < -0.4 is 0 Å². The SMILES string of the molecule is CC[Si](CC)(CC)O[C@@H](CCc1ccccc1)CC[C@@H]1[C@@H](C/C=C\CCCC(=O)O)[C@@H](O)C[C@H]1O[Si](CC)(CC)CC.CC[Si](CC)(CC)O[C@@H](CCc1ccccc1)CC[C@@H]1[C@@H](C/C=C\CCCC(=O)O)[C@@H](O[Si](CC)(CC)CC)C[C@H]1O.CC[Si](CC)(CC)O[C@@H](CCc1ccccc1)CC[C@@H]1[C@H]2CC(O)O[C@H]2C[C@H]1O[Si](CC)(CC)CC. The molecule has 1 heterocycles. The van der Waals surface area contributed by atoms with E-state index in [2.05, 4.69) is 240 Å². The smallest absolute Gasteiger partial charge is 0.303 e. The van der Waals surface area contributed by atoms with Gasteiger partial charge in [-0.1, -0.05) is 240 Å². The van der Waals surface area contributed by atoms with Crippen molar-refractivity contribution in [3.05, 3.63) is 132 Å². The fraction of sp³-hybridized carbons (Fsp3) is 0.760. The van der Waals surface area contributed by atoms with E-state index in [9.17, 15) is 24.9 Å². The number of carboxylic acids is 2. The van der Waals surface area contributed by atoms with E-state index in [1.165, 1.54) is 53.0 Å². The monoisotopic (exact) mass is 1770 g/mol. The van der Waals surface area contributed by atoms with Crippen LogP contribution in [0.2, 0.25) is 109 Å². The van der Waals surface area contributed by atoms with Crippen molar-refractivity contribution in [3.8, 4) is 0 Å². The maximum Gasteiger partial charge on any atom is 0.303 e. The lowest BCUT2D eigenvalue weighted by Crippen LogP contribution is -2.42. The molecular weight excluding hydrogens is 1590 g/mol. The second kappa shape index (κ2) is 57.0. The Morgan fingerprint density at radius 2 is 0.650 bits per heavy atom. The molecule has 4 aliphatic rings. The maximum absolute atomic E-state index is 11.5. The summed E-state index contributed by atoms with van der Waals surface area (Å²) in [5, 5.41) is 51.0.